The molecule has 150 valence electrons. The first kappa shape index (κ1) is 23.4. The molecule has 2 unspecified atom stereocenters. The number of hydrogen-bond acceptors (Lipinski definition) is 3. The topological polar surface area (TPSA) is 21.7 Å². The highest BCUT2D eigenvalue weighted by atomic mass is 28.4. The quantitative estimate of drug-likeness (QED) is 0.472. The van der Waals surface area contributed by atoms with Gasteiger partial charge in [-0.3, -0.25) is 4.90 Å². The van der Waals surface area contributed by atoms with Crippen LogP contribution in [0, 0.1) is 0 Å². The minimum Gasteiger partial charge on any atom is -0.395 e. The Morgan fingerprint density at radius 1 is 1.16 bits per heavy atom. The van der Waals surface area contributed by atoms with E-state index >= 15 is 0 Å². The van der Waals surface area contributed by atoms with E-state index < -0.39 is 17.4 Å². The fraction of sp³-hybridized carbons (Fsp3) is 1.00. The summed E-state index contributed by atoms with van der Waals surface area (Å²) in [6.45, 7) is 20.5. The summed E-state index contributed by atoms with van der Waals surface area (Å²) in [4.78, 5) is 2.77. The zero-order chi connectivity index (χ0) is 19.1. The summed E-state index contributed by atoms with van der Waals surface area (Å²) in [6.07, 6.45) is 8.19. The number of nitrogens with zero attached hydrogens (tertiary/aromatic N) is 1. The molecule has 0 radical (unpaired) electrons. The third-order valence-electron chi connectivity index (χ3n) is 5.73. The van der Waals surface area contributed by atoms with Crippen molar-refractivity contribution in [3.8, 4) is 0 Å². The van der Waals surface area contributed by atoms with Crippen molar-refractivity contribution < 1.29 is 8.85 Å². The predicted octanol–water partition coefficient (Wildman–Crippen LogP) is 5.35. The molecule has 1 rings (SSSR count). The van der Waals surface area contributed by atoms with E-state index in [9.17, 15) is 0 Å². The average molecular weight is 388 g/mol. The minimum absolute atomic E-state index is 0.255. The van der Waals surface area contributed by atoms with Crippen molar-refractivity contribution in [2.45, 2.75) is 116 Å². The fourth-order valence-electron chi connectivity index (χ4n) is 4.03. The van der Waals surface area contributed by atoms with Gasteiger partial charge in [-0.2, -0.15) is 0 Å². The fourth-order valence-corrected chi connectivity index (χ4v) is 8.51. The third-order valence-corrected chi connectivity index (χ3v) is 11.0. The largest absolute Gasteiger partial charge is 0.395 e. The normalized spacial score (nSPS) is 20.9. The molecule has 0 saturated heterocycles. The van der Waals surface area contributed by atoms with Crippen LogP contribution in [0.25, 0.3) is 0 Å². The lowest BCUT2D eigenvalue weighted by Crippen LogP contribution is -2.50. The first-order chi connectivity index (χ1) is 11.6. The van der Waals surface area contributed by atoms with Crippen molar-refractivity contribution in [3.05, 3.63) is 0 Å². The molecule has 3 nitrogen and oxygen atoms in total. The monoisotopic (exact) mass is 387 g/mol. The van der Waals surface area contributed by atoms with Gasteiger partial charge < -0.3 is 8.85 Å². The molecule has 0 N–H and O–H groups in total. The second-order valence-electron chi connectivity index (χ2n) is 9.39. The summed E-state index contributed by atoms with van der Waals surface area (Å²) in [5.41, 5.74) is 0.671. The van der Waals surface area contributed by atoms with Gasteiger partial charge in [0, 0.05) is 23.9 Å². The molecule has 0 aromatic heterocycles. The number of rotatable bonds is 10. The first-order valence-corrected chi connectivity index (χ1v) is 16.2. The maximum atomic E-state index is 6.51. The Kier molecular flexibility index (Phi) is 9.90. The molecule has 0 aromatic rings. The van der Waals surface area contributed by atoms with Crippen molar-refractivity contribution >= 4 is 17.4 Å². The summed E-state index contributed by atoms with van der Waals surface area (Å²) in [7, 11) is -2.81. The molecule has 1 aliphatic rings. The Hall–Kier alpha value is 0.314. The van der Waals surface area contributed by atoms with Gasteiger partial charge in [0.25, 0.3) is 0 Å². The van der Waals surface area contributed by atoms with Crippen molar-refractivity contribution in [2.24, 2.45) is 0 Å². The Labute approximate surface area is 160 Å². The van der Waals surface area contributed by atoms with Gasteiger partial charge in [-0.15, -0.1) is 0 Å². The van der Waals surface area contributed by atoms with E-state index in [1.807, 2.05) is 0 Å². The zero-order valence-electron chi connectivity index (χ0n) is 18.4. The molecule has 5 heteroatoms. The molecule has 2 atom stereocenters. The molecule has 0 amide bonds. The maximum absolute atomic E-state index is 6.51. The van der Waals surface area contributed by atoms with Gasteiger partial charge in [-0.05, 0) is 73.0 Å². The van der Waals surface area contributed by atoms with E-state index in [0.717, 1.165) is 18.7 Å². The summed E-state index contributed by atoms with van der Waals surface area (Å²) in [6, 6.07) is 1.89. The van der Waals surface area contributed by atoms with Crippen LogP contribution in [0.2, 0.25) is 25.7 Å². The summed E-state index contributed by atoms with van der Waals surface area (Å²) >= 11 is 0. The minimum atomic E-state index is -2.04. The van der Waals surface area contributed by atoms with Crippen LogP contribution in [-0.2, 0) is 8.85 Å². The van der Waals surface area contributed by atoms with Crippen LogP contribution in [0.15, 0.2) is 0 Å². The molecule has 0 bridgehead atoms. The van der Waals surface area contributed by atoms with E-state index in [1.165, 1.54) is 45.1 Å². The third kappa shape index (κ3) is 8.25. The van der Waals surface area contributed by atoms with Crippen LogP contribution in [-0.4, -0.2) is 52.7 Å². The smallest absolute Gasteiger partial charge is 0.334 e. The first-order valence-electron chi connectivity index (χ1n) is 10.7. The van der Waals surface area contributed by atoms with Gasteiger partial charge >= 0.3 is 8.56 Å². The van der Waals surface area contributed by atoms with E-state index in [4.69, 9.17) is 8.85 Å². The van der Waals surface area contributed by atoms with E-state index in [1.54, 1.807) is 0 Å². The highest BCUT2D eigenvalue weighted by Gasteiger charge is 2.35. The molecule has 0 aromatic carbocycles. The van der Waals surface area contributed by atoms with Gasteiger partial charge in [0.05, 0.1) is 8.80 Å². The molecular weight excluding hydrogens is 342 g/mol. The lowest BCUT2D eigenvalue weighted by Gasteiger charge is -2.44. The molecule has 1 aliphatic carbocycles. The second-order valence-corrected chi connectivity index (χ2v) is 16.1. The Morgan fingerprint density at radius 2 is 1.76 bits per heavy atom. The summed E-state index contributed by atoms with van der Waals surface area (Å²) in [5.74, 6) is 0. The van der Waals surface area contributed by atoms with Gasteiger partial charge in [-0.1, -0.05) is 32.4 Å². The second kappa shape index (κ2) is 10.6. The van der Waals surface area contributed by atoms with Crippen LogP contribution >= 0.6 is 0 Å². The van der Waals surface area contributed by atoms with Crippen molar-refractivity contribution in [1.82, 2.24) is 4.90 Å². The van der Waals surface area contributed by atoms with Crippen LogP contribution < -0.4 is 0 Å². The van der Waals surface area contributed by atoms with Crippen molar-refractivity contribution in [3.63, 3.8) is 0 Å². The summed E-state index contributed by atoms with van der Waals surface area (Å²) in [5, 5.41) is 0. The maximum Gasteiger partial charge on any atom is 0.334 e. The van der Waals surface area contributed by atoms with Crippen LogP contribution in [0.5, 0.6) is 0 Å². The lowest BCUT2D eigenvalue weighted by molar-refractivity contribution is 0.0590. The van der Waals surface area contributed by atoms with Gasteiger partial charge in [0.1, 0.15) is 0 Å². The van der Waals surface area contributed by atoms with Gasteiger partial charge in [0.2, 0.25) is 0 Å². The molecule has 0 aliphatic heterocycles. The molecule has 0 spiro atoms. The lowest BCUT2D eigenvalue weighted by atomic mass is 9.90. The van der Waals surface area contributed by atoms with E-state index in [2.05, 4.69) is 59.2 Å². The molecule has 1 fully saturated rings. The average Bonchev–Trinajstić information content (AvgIpc) is 2.51. The van der Waals surface area contributed by atoms with E-state index in [-0.39, 0.29) is 5.54 Å². The van der Waals surface area contributed by atoms with Crippen LogP contribution in [0.3, 0.4) is 0 Å². The molecule has 0 heterocycles. The van der Waals surface area contributed by atoms with Crippen molar-refractivity contribution in [2.75, 3.05) is 13.2 Å². The van der Waals surface area contributed by atoms with Crippen molar-refractivity contribution in [1.29, 1.82) is 0 Å². The van der Waals surface area contributed by atoms with Crippen LogP contribution in [0.4, 0.5) is 0 Å². The molecular formula is C20H45NO2Si2. The van der Waals surface area contributed by atoms with Gasteiger partial charge in [0.15, 0.2) is 0 Å². The predicted molar refractivity (Wildman–Crippen MR) is 115 cm³/mol. The molecule has 25 heavy (non-hydrogen) atoms. The standard InChI is InChI=1S/C20H45NO2Si2/c1-9-22-25(8,23-18(2)24(6)7)17-13-16-21(20(3,4)5)19-14-11-10-12-15-19/h18-19,24H,9-17H2,1-8H3. The molecule has 1 saturated carbocycles. The van der Waals surface area contributed by atoms with E-state index in [0.29, 0.717) is 5.73 Å². The van der Waals surface area contributed by atoms with Gasteiger partial charge in [-0.25, -0.2) is 0 Å². The van der Waals surface area contributed by atoms with Crippen LogP contribution in [0.1, 0.15) is 73.1 Å². The highest BCUT2D eigenvalue weighted by Crippen LogP contribution is 2.29. The SMILES string of the molecule is CCO[Si](C)(CCCN(C1CCCCC1)C(C)(C)C)OC(C)[SiH](C)C. The zero-order valence-corrected chi connectivity index (χ0v) is 20.5. The Morgan fingerprint density at radius 3 is 2.24 bits per heavy atom. The highest BCUT2D eigenvalue weighted by molar-refractivity contribution is 6.67. The summed E-state index contributed by atoms with van der Waals surface area (Å²) < 4.78 is 12.7. The Balaban J connectivity index is 2.63. The number of hydrogen-bond donors (Lipinski definition) is 0. The Bertz CT molecular complexity index is 367.